The van der Waals surface area contributed by atoms with Gasteiger partial charge in [-0.1, -0.05) is 24.3 Å². The summed E-state index contributed by atoms with van der Waals surface area (Å²) in [5, 5.41) is 0. The van der Waals surface area contributed by atoms with Gasteiger partial charge in [-0.15, -0.1) is 0 Å². The molecule has 1 heterocycles. The van der Waals surface area contributed by atoms with E-state index in [1.807, 2.05) is 31.2 Å². The number of anilines is 1. The van der Waals surface area contributed by atoms with Crippen LogP contribution in [-0.4, -0.2) is 36.3 Å². The number of hydrogen-bond donors (Lipinski definition) is 0. The molecule has 2 aromatic rings. The van der Waals surface area contributed by atoms with Gasteiger partial charge in [0.25, 0.3) is 0 Å². The van der Waals surface area contributed by atoms with Crippen molar-refractivity contribution in [1.82, 2.24) is 4.90 Å². The zero-order valence-electron chi connectivity index (χ0n) is 14.1. The average Bonchev–Trinajstić information content (AvgIpc) is 2.63. The number of rotatable bonds is 3. The van der Waals surface area contributed by atoms with E-state index < -0.39 is 29.8 Å². The van der Waals surface area contributed by atoms with Crippen LogP contribution < -0.4 is 4.90 Å². The summed E-state index contributed by atoms with van der Waals surface area (Å²) in [6.07, 6.45) is -0.430. The van der Waals surface area contributed by atoms with E-state index in [9.17, 15) is 22.8 Å². The van der Waals surface area contributed by atoms with Gasteiger partial charge >= 0.3 is 0 Å². The van der Waals surface area contributed by atoms with Crippen molar-refractivity contribution in [2.24, 2.45) is 0 Å². The van der Waals surface area contributed by atoms with Crippen molar-refractivity contribution in [2.75, 3.05) is 24.5 Å². The number of para-hydroxylation sites is 1. The lowest BCUT2D eigenvalue weighted by molar-refractivity contribution is -0.136. The summed E-state index contributed by atoms with van der Waals surface area (Å²) >= 11 is 0. The fourth-order valence-electron chi connectivity index (χ4n) is 2.98. The van der Waals surface area contributed by atoms with Crippen LogP contribution in [0.2, 0.25) is 0 Å². The van der Waals surface area contributed by atoms with Gasteiger partial charge < -0.3 is 9.80 Å². The number of aryl methyl sites for hydroxylation is 1. The van der Waals surface area contributed by atoms with Gasteiger partial charge in [-0.2, -0.15) is 0 Å². The second kappa shape index (κ2) is 7.19. The van der Waals surface area contributed by atoms with E-state index in [4.69, 9.17) is 0 Å². The van der Waals surface area contributed by atoms with Gasteiger partial charge in [-0.25, -0.2) is 13.2 Å². The molecular weight excluding hydrogens is 345 g/mol. The molecule has 7 heteroatoms. The van der Waals surface area contributed by atoms with Crippen LogP contribution in [0.15, 0.2) is 36.4 Å². The maximum atomic E-state index is 13.7. The minimum atomic E-state index is -1.60. The normalized spacial score (nSPS) is 14.7. The van der Waals surface area contributed by atoms with Gasteiger partial charge in [0.1, 0.15) is 6.54 Å². The molecule has 0 N–H and O–H groups in total. The van der Waals surface area contributed by atoms with E-state index in [-0.39, 0.29) is 24.6 Å². The fourth-order valence-corrected chi connectivity index (χ4v) is 2.98. The van der Waals surface area contributed by atoms with Gasteiger partial charge in [0.2, 0.25) is 11.8 Å². The number of halogens is 3. The lowest BCUT2D eigenvalue weighted by Crippen LogP contribution is -2.53. The highest BCUT2D eigenvalue weighted by Gasteiger charge is 2.29. The number of benzene rings is 2. The summed E-state index contributed by atoms with van der Waals surface area (Å²) in [5.41, 5.74) is 1.50. The quantitative estimate of drug-likeness (QED) is 0.788. The Balaban J connectivity index is 1.69. The Kier molecular flexibility index (Phi) is 4.97. The van der Waals surface area contributed by atoms with Gasteiger partial charge in [0.15, 0.2) is 17.5 Å². The Morgan fingerprint density at radius 1 is 1.04 bits per heavy atom. The number of hydrogen-bond acceptors (Lipinski definition) is 2. The van der Waals surface area contributed by atoms with Crippen LogP contribution in [0.5, 0.6) is 0 Å². The Bertz CT molecular complexity index is 870. The molecule has 0 atom stereocenters. The molecule has 1 saturated heterocycles. The first-order valence-corrected chi connectivity index (χ1v) is 8.14. The molecular formula is C19H17F3N2O2. The first-order valence-electron chi connectivity index (χ1n) is 8.14. The highest BCUT2D eigenvalue weighted by atomic mass is 19.2. The van der Waals surface area contributed by atoms with Crippen LogP contribution in [0.3, 0.4) is 0 Å². The lowest BCUT2D eigenvalue weighted by atomic mass is 10.1. The van der Waals surface area contributed by atoms with Crippen molar-refractivity contribution in [2.45, 2.75) is 13.3 Å². The predicted molar refractivity (Wildman–Crippen MR) is 90.1 cm³/mol. The van der Waals surface area contributed by atoms with E-state index in [1.54, 1.807) is 4.90 Å². The van der Waals surface area contributed by atoms with Crippen molar-refractivity contribution in [1.29, 1.82) is 0 Å². The number of carbonyl (C=O) groups excluding carboxylic acids is 2. The Labute approximate surface area is 148 Å². The van der Waals surface area contributed by atoms with Crippen molar-refractivity contribution < 1.29 is 22.8 Å². The van der Waals surface area contributed by atoms with Crippen LogP contribution in [0.1, 0.15) is 11.1 Å². The van der Waals surface area contributed by atoms with Crippen LogP contribution in [-0.2, 0) is 16.0 Å². The van der Waals surface area contributed by atoms with E-state index in [1.165, 1.54) is 4.90 Å². The molecule has 136 valence electrons. The minimum absolute atomic E-state index is 0.140. The minimum Gasteiger partial charge on any atom is -0.331 e. The van der Waals surface area contributed by atoms with Crippen molar-refractivity contribution in [3.8, 4) is 0 Å². The highest BCUT2D eigenvalue weighted by molar-refractivity contribution is 5.98. The zero-order chi connectivity index (χ0) is 18.8. The Morgan fingerprint density at radius 3 is 2.46 bits per heavy atom. The summed E-state index contributed by atoms with van der Waals surface area (Å²) < 4.78 is 40.0. The van der Waals surface area contributed by atoms with E-state index in [0.29, 0.717) is 6.54 Å². The Morgan fingerprint density at radius 2 is 1.77 bits per heavy atom. The fraction of sp³-hybridized carbons (Fsp3) is 0.263. The molecule has 2 aromatic carbocycles. The topological polar surface area (TPSA) is 40.6 Å². The SMILES string of the molecule is Cc1ccccc1N1CCN(C(=O)Cc2ccc(F)c(F)c2F)CC1=O. The number of amides is 2. The number of carbonyl (C=O) groups is 2. The van der Waals surface area contributed by atoms with Crippen LogP contribution in [0.4, 0.5) is 18.9 Å². The maximum absolute atomic E-state index is 13.7. The summed E-state index contributed by atoms with van der Waals surface area (Å²) in [5.74, 6) is -5.03. The van der Waals surface area contributed by atoms with Gasteiger partial charge in [-0.3, -0.25) is 9.59 Å². The smallest absolute Gasteiger partial charge is 0.246 e. The molecule has 26 heavy (non-hydrogen) atoms. The second-order valence-electron chi connectivity index (χ2n) is 6.16. The standard InChI is InChI=1S/C19H17F3N2O2/c1-12-4-2-3-5-15(12)24-9-8-23(11-17(24)26)16(25)10-13-6-7-14(20)19(22)18(13)21/h2-7H,8-11H2,1H3. The molecule has 2 amide bonds. The van der Waals surface area contributed by atoms with Crippen molar-refractivity contribution >= 4 is 17.5 Å². The van der Waals surface area contributed by atoms with E-state index >= 15 is 0 Å². The summed E-state index contributed by atoms with van der Waals surface area (Å²) in [6.45, 7) is 2.35. The molecule has 0 aromatic heterocycles. The highest BCUT2D eigenvalue weighted by Crippen LogP contribution is 2.22. The molecule has 4 nitrogen and oxygen atoms in total. The second-order valence-corrected chi connectivity index (χ2v) is 6.16. The molecule has 1 aliphatic heterocycles. The Hall–Kier alpha value is -2.83. The maximum Gasteiger partial charge on any atom is 0.246 e. The molecule has 1 aliphatic rings. The number of piperazine rings is 1. The lowest BCUT2D eigenvalue weighted by Gasteiger charge is -2.35. The third kappa shape index (κ3) is 3.42. The van der Waals surface area contributed by atoms with Crippen molar-refractivity contribution in [3.63, 3.8) is 0 Å². The van der Waals surface area contributed by atoms with Gasteiger partial charge in [0.05, 0.1) is 6.42 Å². The third-order valence-corrected chi connectivity index (χ3v) is 4.44. The third-order valence-electron chi connectivity index (χ3n) is 4.44. The van der Waals surface area contributed by atoms with Crippen LogP contribution >= 0.6 is 0 Å². The van der Waals surface area contributed by atoms with E-state index in [0.717, 1.165) is 23.4 Å². The molecule has 0 unspecified atom stereocenters. The van der Waals surface area contributed by atoms with Crippen LogP contribution in [0.25, 0.3) is 0 Å². The molecule has 0 radical (unpaired) electrons. The first kappa shape index (κ1) is 18.0. The monoisotopic (exact) mass is 362 g/mol. The molecule has 0 bridgehead atoms. The molecule has 0 spiro atoms. The average molecular weight is 362 g/mol. The largest absolute Gasteiger partial charge is 0.331 e. The first-order chi connectivity index (χ1) is 12.4. The van der Waals surface area contributed by atoms with Gasteiger partial charge in [0, 0.05) is 24.3 Å². The van der Waals surface area contributed by atoms with E-state index in [2.05, 4.69) is 0 Å². The van der Waals surface area contributed by atoms with Gasteiger partial charge in [-0.05, 0) is 24.6 Å². The number of nitrogens with zero attached hydrogens (tertiary/aromatic N) is 2. The summed E-state index contributed by atoms with van der Waals surface area (Å²) in [7, 11) is 0. The van der Waals surface area contributed by atoms with Crippen molar-refractivity contribution in [3.05, 3.63) is 65.0 Å². The zero-order valence-corrected chi connectivity index (χ0v) is 14.1. The molecule has 0 saturated carbocycles. The predicted octanol–water partition coefficient (Wildman–Crippen LogP) is 2.83. The molecule has 1 fully saturated rings. The summed E-state index contributed by atoms with van der Waals surface area (Å²) in [4.78, 5) is 27.7. The molecule has 0 aliphatic carbocycles. The molecule has 3 rings (SSSR count). The summed E-state index contributed by atoms with van der Waals surface area (Å²) in [6, 6.07) is 9.26. The van der Waals surface area contributed by atoms with Crippen LogP contribution in [0, 0.1) is 24.4 Å².